The van der Waals surface area contributed by atoms with Gasteiger partial charge in [-0.3, -0.25) is 4.90 Å². The lowest BCUT2D eigenvalue weighted by atomic mass is 9.97. The summed E-state index contributed by atoms with van der Waals surface area (Å²) >= 11 is 0. The van der Waals surface area contributed by atoms with Crippen LogP contribution in [0.3, 0.4) is 0 Å². The first-order valence-electron chi connectivity index (χ1n) is 8.67. The molecule has 0 aromatic heterocycles. The van der Waals surface area contributed by atoms with Crippen LogP contribution in [-0.4, -0.2) is 30.1 Å². The normalized spacial score (nSPS) is 18.2. The molecule has 2 unspecified atom stereocenters. The number of hydrogen-bond acceptors (Lipinski definition) is 2. The summed E-state index contributed by atoms with van der Waals surface area (Å²) in [7, 11) is 0. The lowest BCUT2D eigenvalue weighted by Gasteiger charge is -2.38. The zero-order valence-electron chi connectivity index (χ0n) is 14.2. The molecular weight excluding hydrogens is 256 g/mol. The fourth-order valence-corrected chi connectivity index (χ4v) is 3.16. The van der Waals surface area contributed by atoms with E-state index in [2.05, 4.69) is 68.2 Å². The van der Waals surface area contributed by atoms with E-state index >= 15 is 0 Å². The minimum atomic E-state index is 0.423. The van der Waals surface area contributed by atoms with E-state index in [-0.39, 0.29) is 0 Å². The lowest BCUT2D eigenvalue weighted by molar-refractivity contribution is 0.125. The Morgan fingerprint density at radius 1 is 1.14 bits per heavy atom. The monoisotopic (exact) mass is 288 g/mol. The topological polar surface area (TPSA) is 15.3 Å². The second-order valence-corrected chi connectivity index (χ2v) is 6.82. The van der Waals surface area contributed by atoms with Gasteiger partial charge in [-0.2, -0.15) is 0 Å². The largest absolute Gasteiger partial charge is 0.309 e. The fourth-order valence-electron chi connectivity index (χ4n) is 3.16. The van der Waals surface area contributed by atoms with Crippen LogP contribution in [0.1, 0.15) is 58.6 Å². The molecule has 1 aromatic carbocycles. The van der Waals surface area contributed by atoms with E-state index in [1.54, 1.807) is 0 Å². The van der Waals surface area contributed by atoms with Crippen LogP contribution in [0.5, 0.6) is 0 Å². The first-order valence-corrected chi connectivity index (χ1v) is 8.67. The summed E-state index contributed by atoms with van der Waals surface area (Å²) in [6.07, 6.45) is 4.03. The van der Waals surface area contributed by atoms with Gasteiger partial charge in [0.15, 0.2) is 0 Å². The molecule has 1 N–H and O–H groups in total. The second-order valence-electron chi connectivity index (χ2n) is 6.82. The van der Waals surface area contributed by atoms with Crippen LogP contribution in [-0.2, 0) is 0 Å². The van der Waals surface area contributed by atoms with Gasteiger partial charge in [0.1, 0.15) is 0 Å². The van der Waals surface area contributed by atoms with Gasteiger partial charge in [0.2, 0.25) is 0 Å². The average Bonchev–Trinajstić information content (AvgIpc) is 3.30. The Morgan fingerprint density at radius 3 is 2.33 bits per heavy atom. The van der Waals surface area contributed by atoms with Crippen molar-refractivity contribution in [1.82, 2.24) is 10.2 Å². The van der Waals surface area contributed by atoms with Crippen molar-refractivity contribution < 1.29 is 0 Å². The summed E-state index contributed by atoms with van der Waals surface area (Å²) in [5, 5.41) is 3.77. The number of hydrogen-bond donors (Lipinski definition) is 1. The molecule has 2 atom stereocenters. The Morgan fingerprint density at radius 2 is 1.81 bits per heavy atom. The number of benzene rings is 1. The third-order valence-corrected chi connectivity index (χ3v) is 4.61. The first kappa shape index (κ1) is 16.5. The van der Waals surface area contributed by atoms with Gasteiger partial charge in [-0.25, -0.2) is 0 Å². The Bertz CT molecular complexity index is 397. The number of nitrogens with one attached hydrogen (secondary N) is 1. The van der Waals surface area contributed by atoms with E-state index in [1.165, 1.54) is 31.4 Å². The van der Waals surface area contributed by atoms with E-state index in [4.69, 9.17) is 0 Å². The van der Waals surface area contributed by atoms with Gasteiger partial charge >= 0.3 is 0 Å². The SMILES string of the molecule is CCCNC(c1ccccc1)C(C)N(CC1CC1)C(C)C. The molecule has 118 valence electrons. The molecule has 1 aliphatic carbocycles. The fraction of sp³-hybridized carbons (Fsp3) is 0.684. The van der Waals surface area contributed by atoms with E-state index in [1.807, 2.05) is 0 Å². The van der Waals surface area contributed by atoms with Crippen molar-refractivity contribution in [2.75, 3.05) is 13.1 Å². The quantitative estimate of drug-likeness (QED) is 0.731. The molecule has 0 amide bonds. The summed E-state index contributed by atoms with van der Waals surface area (Å²) < 4.78 is 0. The van der Waals surface area contributed by atoms with Crippen LogP contribution in [0.2, 0.25) is 0 Å². The zero-order valence-corrected chi connectivity index (χ0v) is 14.2. The summed E-state index contributed by atoms with van der Waals surface area (Å²) in [5.41, 5.74) is 1.42. The molecule has 1 fully saturated rings. The van der Waals surface area contributed by atoms with Crippen LogP contribution in [0.4, 0.5) is 0 Å². The van der Waals surface area contributed by atoms with E-state index in [9.17, 15) is 0 Å². The van der Waals surface area contributed by atoms with Crippen molar-refractivity contribution in [2.24, 2.45) is 5.92 Å². The first-order chi connectivity index (χ1) is 10.1. The summed E-state index contributed by atoms with van der Waals surface area (Å²) in [6, 6.07) is 12.5. The highest BCUT2D eigenvalue weighted by Gasteiger charge is 2.31. The van der Waals surface area contributed by atoms with E-state index in [0.29, 0.717) is 18.1 Å². The minimum Gasteiger partial charge on any atom is -0.309 e. The van der Waals surface area contributed by atoms with Gasteiger partial charge in [0.05, 0.1) is 0 Å². The Kier molecular flexibility index (Phi) is 6.25. The van der Waals surface area contributed by atoms with Gasteiger partial charge in [-0.15, -0.1) is 0 Å². The number of rotatable bonds is 9. The number of nitrogens with zero attached hydrogens (tertiary/aromatic N) is 1. The molecule has 0 bridgehead atoms. The molecule has 0 saturated heterocycles. The van der Waals surface area contributed by atoms with Crippen molar-refractivity contribution in [3.63, 3.8) is 0 Å². The van der Waals surface area contributed by atoms with Gasteiger partial charge < -0.3 is 5.32 Å². The molecule has 0 heterocycles. The maximum absolute atomic E-state index is 3.77. The second kappa shape index (κ2) is 7.95. The predicted molar refractivity (Wildman–Crippen MR) is 91.5 cm³/mol. The van der Waals surface area contributed by atoms with Gasteiger partial charge in [-0.1, -0.05) is 37.3 Å². The molecule has 2 heteroatoms. The Balaban J connectivity index is 2.12. The highest BCUT2D eigenvalue weighted by molar-refractivity contribution is 5.20. The maximum atomic E-state index is 3.77. The van der Waals surface area contributed by atoms with Crippen molar-refractivity contribution in [3.8, 4) is 0 Å². The smallest absolute Gasteiger partial charge is 0.0475 e. The van der Waals surface area contributed by atoms with Gasteiger partial charge in [-0.05, 0) is 58.1 Å². The maximum Gasteiger partial charge on any atom is 0.0475 e. The van der Waals surface area contributed by atoms with Crippen molar-refractivity contribution >= 4 is 0 Å². The van der Waals surface area contributed by atoms with Gasteiger partial charge in [0.25, 0.3) is 0 Å². The molecule has 21 heavy (non-hydrogen) atoms. The Hall–Kier alpha value is -0.860. The molecule has 1 aliphatic rings. The molecule has 2 nitrogen and oxygen atoms in total. The van der Waals surface area contributed by atoms with E-state index < -0.39 is 0 Å². The van der Waals surface area contributed by atoms with Crippen molar-refractivity contribution in [1.29, 1.82) is 0 Å². The van der Waals surface area contributed by atoms with Crippen LogP contribution in [0.15, 0.2) is 30.3 Å². The van der Waals surface area contributed by atoms with Crippen molar-refractivity contribution in [2.45, 2.75) is 65.1 Å². The standard InChI is InChI=1S/C19H32N2/c1-5-13-20-19(18-9-7-6-8-10-18)16(4)21(15(2)3)14-17-11-12-17/h6-10,15-17,19-20H,5,11-14H2,1-4H3. The van der Waals surface area contributed by atoms with Crippen LogP contribution in [0, 0.1) is 5.92 Å². The van der Waals surface area contributed by atoms with Crippen LogP contribution >= 0.6 is 0 Å². The van der Waals surface area contributed by atoms with Crippen LogP contribution < -0.4 is 5.32 Å². The molecule has 0 aliphatic heterocycles. The van der Waals surface area contributed by atoms with E-state index in [0.717, 1.165) is 12.5 Å². The minimum absolute atomic E-state index is 0.423. The molecule has 2 rings (SSSR count). The lowest BCUT2D eigenvalue weighted by Crippen LogP contribution is -2.47. The predicted octanol–water partition coefficient (Wildman–Crippen LogP) is 4.24. The van der Waals surface area contributed by atoms with Gasteiger partial charge in [0, 0.05) is 24.7 Å². The molecule has 1 saturated carbocycles. The zero-order chi connectivity index (χ0) is 15.2. The third-order valence-electron chi connectivity index (χ3n) is 4.61. The highest BCUT2D eigenvalue weighted by atomic mass is 15.2. The summed E-state index contributed by atoms with van der Waals surface area (Å²) in [6.45, 7) is 11.6. The third kappa shape index (κ3) is 4.82. The Labute approximate surface area is 130 Å². The highest BCUT2D eigenvalue weighted by Crippen LogP contribution is 2.33. The molecule has 1 aromatic rings. The summed E-state index contributed by atoms with van der Waals surface area (Å²) in [5.74, 6) is 0.942. The van der Waals surface area contributed by atoms with Crippen LogP contribution in [0.25, 0.3) is 0 Å². The summed E-state index contributed by atoms with van der Waals surface area (Å²) in [4.78, 5) is 2.69. The average molecular weight is 288 g/mol. The molecular formula is C19H32N2. The molecule has 0 spiro atoms. The van der Waals surface area contributed by atoms with Crippen molar-refractivity contribution in [3.05, 3.63) is 35.9 Å². The molecule has 0 radical (unpaired) electrons.